The maximum atomic E-state index is 12.1. The van der Waals surface area contributed by atoms with E-state index in [9.17, 15) is 9.59 Å². The smallest absolute Gasteiger partial charge is 0.239 e. The van der Waals surface area contributed by atoms with Crippen LogP contribution < -0.4 is 5.32 Å². The first kappa shape index (κ1) is 19.0. The predicted molar refractivity (Wildman–Crippen MR) is 100 cm³/mol. The lowest BCUT2D eigenvalue weighted by molar-refractivity contribution is -0.134. The zero-order valence-corrected chi connectivity index (χ0v) is 15.3. The summed E-state index contributed by atoms with van der Waals surface area (Å²) in [5.74, 6) is -0.281. The van der Waals surface area contributed by atoms with Crippen LogP contribution in [-0.4, -0.2) is 29.8 Å². The van der Waals surface area contributed by atoms with Crippen LogP contribution in [0.5, 0.6) is 0 Å². The zero-order valence-electron chi connectivity index (χ0n) is 14.6. The van der Waals surface area contributed by atoms with Crippen molar-refractivity contribution < 1.29 is 9.59 Å². The van der Waals surface area contributed by atoms with Gasteiger partial charge in [0.05, 0.1) is 6.54 Å². The third-order valence-electron chi connectivity index (χ3n) is 3.86. The Bertz CT molecular complexity index is 746. The van der Waals surface area contributed by atoms with Crippen molar-refractivity contribution >= 4 is 23.4 Å². The fraction of sp³-hybridized carbons (Fsp3) is 0.300. The summed E-state index contributed by atoms with van der Waals surface area (Å²) in [6, 6.07) is 15.5. The molecular formula is C20H23ClN2O2. The van der Waals surface area contributed by atoms with Crippen molar-refractivity contribution in [2.24, 2.45) is 0 Å². The summed E-state index contributed by atoms with van der Waals surface area (Å²) in [7, 11) is 0. The molecule has 0 radical (unpaired) electrons. The summed E-state index contributed by atoms with van der Waals surface area (Å²) >= 11 is 5.95. The lowest BCUT2D eigenvalue weighted by Crippen LogP contribution is -2.39. The van der Waals surface area contributed by atoms with Crippen LogP contribution in [0, 0.1) is 6.92 Å². The van der Waals surface area contributed by atoms with Crippen LogP contribution in [-0.2, 0) is 22.6 Å². The molecular weight excluding hydrogens is 336 g/mol. The Balaban J connectivity index is 1.84. The molecule has 5 heteroatoms. The maximum Gasteiger partial charge on any atom is 0.239 e. The van der Waals surface area contributed by atoms with Crippen molar-refractivity contribution in [1.29, 1.82) is 0 Å². The zero-order chi connectivity index (χ0) is 18.2. The van der Waals surface area contributed by atoms with E-state index in [2.05, 4.69) is 5.32 Å². The van der Waals surface area contributed by atoms with Crippen LogP contribution in [0.4, 0.5) is 0 Å². The Kier molecular flexibility index (Phi) is 7.02. The topological polar surface area (TPSA) is 49.4 Å². The average molecular weight is 359 g/mol. The lowest BCUT2D eigenvalue weighted by Gasteiger charge is -2.21. The summed E-state index contributed by atoms with van der Waals surface area (Å²) in [5, 5.41) is 3.54. The third-order valence-corrected chi connectivity index (χ3v) is 4.10. The molecule has 0 aliphatic carbocycles. The standard InChI is InChI=1S/C20H23ClN2O2/c1-15-5-3-7-18(11-15)13-23(16(2)24)14-20(25)22-10-9-17-6-4-8-19(21)12-17/h3-8,11-12H,9-10,13-14H2,1-2H3,(H,22,25). The first-order valence-electron chi connectivity index (χ1n) is 8.26. The quantitative estimate of drug-likeness (QED) is 0.825. The van der Waals surface area contributed by atoms with Crippen LogP contribution in [0.15, 0.2) is 48.5 Å². The van der Waals surface area contributed by atoms with Crippen LogP contribution in [0.1, 0.15) is 23.6 Å². The van der Waals surface area contributed by atoms with Gasteiger partial charge in [-0.15, -0.1) is 0 Å². The summed E-state index contributed by atoms with van der Waals surface area (Å²) in [5.41, 5.74) is 3.21. The molecule has 0 aromatic heterocycles. The SMILES string of the molecule is CC(=O)N(CC(=O)NCCc1cccc(Cl)c1)Cc1cccc(C)c1. The van der Waals surface area contributed by atoms with Crippen molar-refractivity contribution in [2.45, 2.75) is 26.8 Å². The highest BCUT2D eigenvalue weighted by Crippen LogP contribution is 2.11. The maximum absolute atomic E-state index is 12.1. The van der Waals surface area contributed by atoms with E-state index in [0.717, 1.165) is 16.7 Å². The second kappa shape index (κ2) is 9.23. The molecule has 25 heavy (non-hydrogen) atoms. The Morgan fingerprint density at radius 1 is 1.08 bits per heavy atom. The number of hydrogen-bond acceptors (Lipinski definition) is 2. The van der Waals surface area contributed by atoms with Gasteiger partial charge in [-0.3, -0.25) is 9.59 Å². The molecule has 0 aliphatic heterocycles. The Labute approximate surface area is 153 Å². The highest BCUT2D eigenvalue weighted by Gasteiger charge is 2.14. The number of nitrogens with one attached hydrogen (secondary N) is 1. The van der Waals surface area contributed by atoms with Gasteiger partial charge in [0.25, 0.3) is 0 Å². The molecule has 2 aromatic carbocycles. The summed E-state index contributed by atoms with van der Waals surface area (Å²) in [6.07, 6.45) is 0.699. The summed E-state index contributed by atoms with van der Waals surface area (Å²) in [6.45, 7) is 4.48. The van der Waals surface area contributed by atoms with Crippen LogP contribution in [0.2, 0.25) is 5.02 Å². The number of halogens is 1. The van der Waals surface area contributed by atoms with Gasteiger partial charge < -0.3 is 10.2 Å². The predicted octanol–water partition coefficient (Wildman–Crippen LogP) is 3.36. The van der Waals surface area contributed by atoms with Crippen molar-refractivity contribution in [3.8, 4) is 0 Å². The van der Waals surface area contributed by atoms with Crippen molar-refractivity contribution in [3.63, 3.8) is 0 Å². The highest BCUT2D eigenvalue weighted by atomic mass is 35.5. The average Bonchev–Trinajstić information content (AvgIpc) is 2.54. The Hall–Kier alpha value is -2.33. The Morgan fingerprint density at radius 2 is 1.80 bits per heavy atom. The van der Waals surface area contributed by atoms with Crippen LogP contribution in [0.25, 0.3) is 0 Å². The molecule has 2 rings (SSSR count). The Morgan fingerprint density at radius 3 is 2.48 bits per heavy atom. The molecule has 132 valence electrons. The number of amides is 2. The molecule has 4 nitrogen and oxygen atoms in total. The molecule has 1 N–H and O–H groups in total. The van der Waals surface area contributed by atoms with Gasteiger partial charge >= 0.3 is 0 Å². The van der Waals surface area contributed by atoms with E-state index in [1.807, 2.05) is 55.5 Å². The largest absolute Gasteiger partial charge is 0.354 e. The number of aryl methyl sites for hydroxylation is 1. The van der Waals surface area contributed by atoms with Gasteiger partial charge in [0.2, 0.25) is 11.8 Å². The number of benzene rings is 2. The number of carbonyl (C=O) groups is 2. The monoisotopic (exact) mass is 358 g/mol. The molecule has 0 unspecified atom stereocenters. The van der Waals surface area contributed by atoms with Gasteiger partial charge in [-0.1, -0.05) is 53.6 Å². The molecule has 0 aliphatic rings. The first-order valence-corrected chi connectivity index (χ1v) is 8.64. The minimum Gasteiger partial charge on any atom is -0.354 e. The van der Waals surface area contributed by atoms with Crippen LogP contribution >= 0.6 is 11.6 Å². The molecule has 0 atom stereocenters. The van der Waals surface area contributed by atoms with E-state index < -0.39 is 0 Å². The minimum atomic E-state index is -0.162. The number of hydrogen-bond donors (Lipinski definition) is 1. The first-order chi connectivity index (χ1) is 11.9. The molecule has 2 amide bonds. The normalized spacial score (nSPS) is 10.4. The lowest BCUT2D eigenvalue weighted by atomic mass is 10.1. The van der Waals surface area contributed by atoms with Crippen molar-refractivity contribution in [3.05, 3.63) is 70.2 Å². The van der Waals surface area contributed by atoms with Gasteiger partial charge in [-0.05, 0) is 36.6 Å². The second-order valence-electron chi connectivity index (χ2n) is 6.09. The minimum absolute atomic E-state index is 0.0544. The van der Waals surface area contributed by atoms with Gasteiger partial charge in [-0.25, -0.2) is 0 Å². The van der Waals surface area contributed by atoms with Gasteiger partial charge in [0, 0.05) is 25.0 Å². The fourth-order valence-corrected chi connectivity index (χ4v) is 2.79. The van der Waals surface area contributed by atoms with Gasteiger partial charge in [-0.2, -0.15) is 0 Å². The van der Waals surface area contributed by atoms with Crippen LogP contribution in [0.3, 0.4) is 0 Å². The van der Waals surface area contributed by atoms with E-state index in [0.29, 0.717) is 24.5 Å². The van der Waals surface area contributed by atoms with Crippen molar-refractivity contribution in [2.75, 3.05) is 13.1 Å². The number of carbonyl (C=O) groups excluding carboxylic acids is 2. The third kappa shape index (κ3) is 6.59. The van der Waals surface area contributed by atoms with E-state index in [4.69, 9.17) is 11.6 Å². The fourth-order valence-electron chi connectivity index (χ4n) is 2.58. The number of nitrogens with zero attached hydrogens (tertiary/aromatic N) is 1. The molecule has 0 saturated carbocycles. The molecule has 0 heterocycles. The molecule has 0 saturated heterocycles. The molecule has 0 spiro atoms. The van der Waals surface area contributed by atoms with E-state index in [1.54, 1.807) is 4.90 Å². The molecule has 0 bridgehead atoms. The van der Waals surface area contributed by atoms with Gasteiger partial charge in [0.15, 0.2) is 0 Å². The van der Waals surface area contributed by atoms with E-state index in [-0.39, 0.29) is 18.4 Å². The summed E-state index contributed by atoms with van der Waals surface area (Å²) in [4.78, 5) is 25.5. The second-order valence-corrected chi connectivity index (χ2v) is 6.53. The molecule has 0 fully saturated rings. The summed E-state index contributed by atoms with van der Waals surface area (Å²) < 4.78 is 0. The van der Waals surface area contributed by atoms with Gasteiger partial charge in [0.1, 0.15) is 0 Å². The van der Waals surface area contributed by atoms with Crippen molar-refractivity contribution in [1.82, 2.24) is 10.2 Å². The highest BCUT2D eigenvalue weighted by molar-refractivity contribution is 6.30. The molecule has 2 aromatic rings. The number of rotatable bonds is 7. The van der Waals surface area contributed by atoms with E-state index >= 15 is 0 Å². The van der Waals surface area contributed by atoms with E-state index in [1.165, 1.54) is 6.92 Å².